The molecule has 0 aromatic carbocycles. The van der Waals surface area contributed by atoms with Crippen molar-refractivity contribution in [3.63, 3.8) is 0 Å². The first kappa shape index (κ1) is 17.9. The molecule has 20 heavy (non-hydrogen) atoms. The number of rotatable bonds is 9. The van der Waals surface area contributed by atoms with Crippen molar-refractivity contribution in [3.8, 4) is 0 Å². The fourth-order valence-corrected chi connectivity index (χ4v) is 4.05. The average Bonchev–Trinajstić information content (AvgIpc) is 2.47. The summed E-state index contributed by atoms with van der Waals surface area (Å²) < 4.78 is 28.7. The predicted molar refractivity (Wildman–Crippen MR) is 82.0 cm³/mol. The molecule has 0 saturated heterocycles. The molecule has 1 aliphatic carbocycles. The number of hydrogen-bond donors (Lipinski definition) is 2. The van der Waals surface area contributed by atoms with E-state index in [1.807, 2.05) is 0 Å². The van der Waals surface area contributed by atoms with Crippen LogP contribution in [0.3, 0.4) is 0 Å². The van der Waals surface area contributed by atoms with Gasteiger partial charge in [-0.25, -0.2) is 8.42 Å². The first-order valence-corrected chi connectivity index (χ1v) is 9.55. The standard InChI is InChI=1S/C14H30N2O3S/c1-3-20(17,18)11-7-10-13(16-15)14(19-2)12-8-5-4-6-9-12/h12-14,16H,3-11,15H2,1-2H3. The molecule has 6 heteroatoms. The molecule has 3 N–H and O–H groups in total. The Kier molecular flexibility index (Phi) is 8.02. The van der Waals surface area contributed by atoms with E-state index in [9.17, 15) is 8.42 Å². The summed E-state index contributed by atoms with van der Waals surface area (Å²) in [4.78, 5) is 0. The zero-order valence-electron chi connectivity index (χ0n) is 12.8. The molecule has 0 bridgehead atoms. The molecule has 0 amide bonds. The predicted octanol–water partition coefficient (Wildman–Crippen LogP) is 1.63. The molecule has 1 fully saturated rings. The number of nitrogens with one attached hydrogen (secondary N) is 1. The molecule has 0 radical (unpaired) electrons. The Morgan fingerprint density at radius 1 is 1.30 bits per heavy atom. The van der Waals surface area contributed by atoms with Gasteiger partial charge in [0.05, 0.1) is 11.9 Å². The lowest BCUT2D eigenvalue weighted by atomic mass is 9.82. The summed E-state index contributed by atoms with van der Waals surface area (Å²) in [6.45, 7) is 1.69. The van der Waals surface area contributed by atoms with E-state index in [0.717, 1.165) is 6.42 Å². The van der Waals surface area contributed by atoms with Crippen LogP contribution >= 0.6 is 0 Å². The number of ether oxygens (including phenoxy) is 1. The van der Waals surface area contributed by atoms with E-state index >= 15 is 0 Å². The second-order valence-corrected chi connectivity index (χ2v) is 8.22. The van der Waals surface area contributed by atoms with Gasteiger partial charge in [0.25, 0.3) is 0 Å². The smallest absolute Gasteiger partial charge is 0.150 e. The van der Waals surface area contributed by atoms with E-state index in [1.165, 1.54) is 32.1 Å². The van der Waals surface area contributed by atoms with Crippen molar-refractivity contribution in [2.24, 2.45) is 11.8 Å². The lowest BCUT2D eigenvalue weighted by Crippen LogP contribution is -2.48. The fourth-order valence-electron chi connectivity index (χ4n) is 3.16. The summed E-state index contributed by atoms with van der Waals surface area (Å²) in [5, 5.41) is 0. The Hall–Kier alpha value is -0.170. The van der Waals surface area contributed by atoms with Crippen LogP contribution in [0.25, 0.3) is 0 Å². The monoisotopic (exact) mass is 306 g/mol. The Labute approximate surface area is 123 Å². The molecular weight excluding hydrogens is 276 g/mol. The number of hydrazine groups is 1. The summed E-state index contributed by atoms with van der Waals surface area (Å²) in [6, 6.07) is 0.0372. The third kappa shape index (κ3) is 5.68. The molecule has 1 rings (SSSR count). The van der Waals surface area contributed by atoms with E-state index < -0.39 is 9.84 Å². The maximum Gasteiger partial charge on any atom is 0.150 e. The second-order valence-electron chi connectivity index (χ2n) is 5.75. The van der Waals surface area contributed by atoms with Crippen molar-refractivity contribution in [1.29, 1.82) is 0 Å². The van der Waals surface area contributed by atoms with Gasteiger partial charge in [-0.3, -0.25) is 11.3 Å². The highest BCUT2D eigenvalue weighted by Gasteiger charge is 2.30. The molecule has 2 atom stereocenters. The number of sulfone groups is 1. The van der Waals surface area contributed by atoms with E-state index in [1.54, 1.807) is 14.0 Å². The van der Waals surface area contributed by atoms with Gasteiger partial charge in [0.15, 0.2) is 0 Å². The van der Waals surface area contributed by atoms with Crippen LogP contribution in [-0.4, -0.2) is 39.2 Å². The van der Waals surface area contributed by atoms with E-state index in [0.29, 0.717) is 12.3 Å². The van der Waals surface area contributed by atoms with Crippen LogP contribution in [-0.2, 0) is 14.6 Å². The van der Waals surface area contributed by atoms with Gasteiger partial charge in [-0.1, -0.05) is 26.2 Å². The first-order valence-electron chi connectivity index (χ1n) is 7.73. The van der Waals surface area contributed by atoms with Crippen molar-refractivity contribution >= 4 is 9.84 Å². The van der Waals surface area contributed by atoms with Crippen LogP contribution in [0.1, 0.15) is 51.9 Å². The highest BCUT2D eigenvalue weighted by atomic mass is 32.2. The Bertz CT molecular complexity index is 353. The van der Waals surface area contributed by atoms with Crippen molar-refractivity contribution in [2.45, 2.75) is 64.0 Å². The molecular formula is C14H30N2O3S. The number of methoxy groups -OCH3 is 1. The lowest BCUT2D eigenvalue weighted by molar-refractivity contribution is 0.00595. The minimum Gasteiger partial charge on any atom is -0.379 e. The molecule has 0 heterocycles. The molecule has 120 valence electrons. The number of nitrogens with two attached hydrogens (primary N) is 1. The molecule has 2 unspecified atom stereocenters. The Morgan fingerprint density at radius 2 is 1.95 bits per heavy atom. The molecule has 1 aliphatic rings. The van der Waals surface area contributed by atoms with Crippen LogP contribution in [0.15, 0.2) is 0 Å². The van der Waals surface area contributed by atoms with E-state index in [-0.39, 0.29) is 23.7 Å². The van der Waals surface area contributed by atoms with Crippen molar-refractivity contribution in [1.82, 2.24) is 5.43 Å². The Morgan fingerprint density at radius 3 is 2.45 bits per heavy atom. The maximum atomic E-state index is 11.5. The van der Waals surface area contributed by atoms with Gasteiger partial charge >= 0.3 is 0 Å². The van der Waals surface area contributed by atoms with Crippen molar-refractivity contribution in [3.05, 3.63) is 0 Å². The zero-order chi connectivity index (χ0) is 15.0. The normalized spacial score (nSPS) is 20.8. The molecule has 0 aromatic rings. The third-order valence-corrected chi connectivity index (χ3v) is 6.20. The van der Waals surface area contributed by atoms with Gasteiger partial charge in [0, 0.05) is 18.9 Å². The van der Waals surface area contributed by atoms with Crippen molar-refractivity contribution < 1.29 is 13.2 Å². The van der Waals surface area contributed by atoms with Gasteiger partial charge in [-0.05, 0) is 31.6 Å². The summed E-state index contributed by atoms with van der Waals surface area (Å²) in [5.74, 6) is 6.65. The van der Waals surface area contributed by atoms with Crippen LogP contribution in [0.5, 0.6) is 0 Å². The van der Waals surface area contributed by atoms with Gasteiger partial charge in [0.1, 0.15) is 9.84 Å². The molecule has 5 nitrogen and oxygen atoms in total. The summed E-state index contributed by atoms with van der Waals surface area (Å²) in [6.07, 6.45) is 7.65. The Balaban J connectivity index is 2.49. The molecule has 0 aromatic heterocycles. The van der Waals surface area contributed by atoms with E-state index in [2.05, 4.69) is 5.43 Å². The highest BCUT2D eigenvalue weighted by Crippen LogP contribution is 2.30. The molecule has 1 saturated carbocycles. The SMILES string of the molecule is CCS(=O)(=O)CCCC(NN)C(OC)C1CCCCC1. The van der Waals surface area contributed by atoms with Gasteiger partial charge in [-0.2, -0.15) is 0 Å². The van der Waals surface area contributed by atoms with Gasteiger partial charge < -0.3 is 4.74 Å². The minimum atomic E-state index is -2.89. The van der Waals surface area contributed by atoms with Gasteiger partial charge in [-0.15, -0.1) is 0 Å². The summed E-state index contributed by atoms with van der Waals surface area (Å²) in [7, 11) is -1.16. The first-order chi connectivity index (χ1) is 9.54. The summed E-state index contributed by atoms with van der Waals surface area (Å²) in [5.41, 5.74) is 2.83. The highest BCUT2D eigenvalue weighted by molar-refractivity contribution is 7.91. The quantitative estimate of drug-likeness (QED) is 0.500. The molecule has 0 aliphatic heterocycles. The van der Waals surface area contributed by atoms with E-state index in [4.69, 9.17) is 10.6 Å². The average molecular weight is 306 g/mol. The van der Waals surface area contributed by atoms with Crippen LogP contribution in [0, 0.1) is 5.92 Å². The third-order valence-electron chi connectivity index (χ3n) is 4.41. The lowest BCUT2D eigenvalue weighted by Gasteiger charge is -2.34. The van der Waals surface area contributed by atoms with Crippen LogP contribution < -0.4 is 11.3 Å². The van der Waals surface area contributed by atoms with Crippen LogP contribution in [0.4, 0.5) is 0 Å². The maximum absolute atomic E-state index is 11.5. The second kappa shape index (κ2) is 8.97. The summed E-state index contributed by atoms with van der Waals surface area (Å²) >= 11 is 0. The topological polar surface area (TPSA) is 81.4 Å². The molecule has 0 spiro atoms. The van der Waals surface area contributed by atoms with Crippen molar-refractivity contribution in [2.75, 3.05) is 18.6 Å². The van der Waals surface area contributed by atoms with Crippen LogP contribution in [0.2, 0.25) is 0 Å². The fraction of sp³-hybridized carbons (Fsp3) is 1.00. The van der Waals surface area contributed by atoms with Gasteiger partial charge in [0.2, 0.25) is 0 Å². The number of hydrogen-bond acceptors (Lipinski definition) is 5. The minimum absolute atomic E-state index is 0.0372. The largest absolute Gasteiger partial charge is 0.379 e. The zero-order valence-corrected chi connectivity index (χ0v) is 13.6.